The van der Waals surface area contributed by atoms with E-state index in [9.17, 15) is 14.5 Å². The highest BCUT2D eigenvalue weighted by molar-refractivity contribution is 7.48. The van der Waals surface area contributed by atoms with Crippen molar-refractivity contribution in [1.29, 1.82) is 0 Å². The lowest BCUT2D eigenvalue weighted by Gasteiger charge is -2.34. The maximum absolute atomic E-state index is 12.8. The van der Waals surface area contributed by atoms with Gasteiger partial charge in [0.1, 0.15) is 17.8 Å². The van der Waals surface area contributed by atoms with Crippen LogP contribution in [0.4, 0.5) is 5.95 Å². The van der Waals surface area contributed by atoms with E-state index in [-0.39, 0.29) is 30.7 Å². The second kappa shape index (κ2) is 7.97. The lowest BCUT2D eigenvalue weighted by molar-refractivity contribution is -0.147. The number of aliphatic hydroxyl groups is 1. The van der Waals surface area contributed by atoms with Gasteiger partial charge in [-0.1, -0.05) is 0 Å². The van der Waals surface area contributed by atoms with E-state index in [1.165, 1.54) is 24.9 Å². The van der Waals surface area contributed by atoms with Gasteiger partial charge in [-0.05, 0) is 13.8 Å². The van der Waals surface area contributed by atoms with E-state index in [4.69, 9.17) is 33.5 Å². The zero-order valence-electron chi connectivity index (χ0n) is 17.0. The average molecular weight is 459 g/mol. The minimum absolute atomic E-state index is 0.0578. The van der Waals surface area contributed by atoms with Crippen molar-refractivity contribution < 1.29 is 42.2 Å². The van der Waals surface area contributed by atoms with E-state index in [1.807, 2.05) is 0 Å². The molecule has 15 heteroatoms. The third-order valence-corrected chi connectivity index (χ3v) is 6.25. The molecule has 5 atom stereocenters. The predicted molar refractivity (Wildman–Crippen MR) is 102 cm³/mol. The number of imidazole rings is 1. The van der Waals surface area contributed by atoms with Gasteiger partial charge >= 0.3 is 13.8 Å². The molecule has 170 valence electrons. The van der Waals surface area contributed by atoms with Crippen LogP contribution < -0.4 is 10.5 Å². The van der Waals surface area contributed by atoms with Crippen LogP contribution in [0.1, 0.15) is 20.1 Å². The summed E-state index contributed by atoms with van der Waals surface area (Å²) >= 11 is 0. The minimum Gasteiger partial charge on any atom is -0.479 e. The van der Waals surface area contributed by atoms with Crippen molar-refractivity contribution in [1.82, 2.24) is 19.5 Å². The van der Waals surface area contributed by atoms with Crippen molar-refractivity contribution in [3.05, 3.63) is 6.33 Å². The van der Waals surface area contributed by atoms with Crippen molar-refractivity contribution in [2.24, 2.45) is 0 Å². The van der Waals surface area contributed by atoms with Gasteiger partial charge in [0, 0.05) is 0 Å². The number of esters is 1. The molecule has 4 rings (SSSR count). The molecule has 2 fully saturated rings. The molecular weight excluding hydrogens is 437 g/mol. The number of phosphoric ester groups is 1. The average Bonchev–Trinajstić information content (AvgIpc) is 3.24. The van der Waals surface area contributed by atoms with Gasteiger partial charge in [0.05, 0.1) is 26.7 Å². The Hall–Kier alpha value is -2.35. The van der Waals surface area contributed by atoms with Crippen molar-refractivity contribution in [2.45, 2.75) is 37.9 Å². The van der Waals surface area contributed by atoms with Gasteiger partial charge in [0.15, 0.2) is 24.0 Å². The first-order valence-corrected chi connectivity index (χ1v) is 10.8. The number of ether oxygens (including phenoxy) is 3. The first kappa shape index (κ1) is 21.9. The number of nitrogens with two attached hydrogens (primary N) is 1. The number of carbonyl (C=O) groups is 1. The summed E-state index contributed by atoms with van der Waals surface area (Å²) in [5.41, 5.74) is 4.61. The van der Waals surface area contributed by atoms with Crippen LogP contribution in [0.2, 0.25) is 0 Å². The number of fused-ring (bicyclic) bond motifs is 2. The third kappa shape index (κ3) is 3.86. The van der Waals surface area contributed by atoms with E-state index < -0.39 is 44.4 Å². The van der Waals surface area contributed by atoms with Gasteiger partial charge in [-0.3, -0.25) is 18.1 Å². The Kier molecular flexibility index (Phi) is 5.62. The molecule has 0 amide bonds. The van der Waals surface area contributed by atoms with Crippen LogP contribution in [-0.4, -0.2) is 75.3 Å². The molecule has 3 N–H and O–H groups in total. The Labute approximate surface area is 176 Å². The third-order valence-electron chi connectivity index (χ3n) is 4.86. The molecule has 2 aromatic heterocycles. The van der Waals surface area contributed by atoms with Crippen LogP contribution in [0, 0.1) is 0 Å². The summed E-state index contributed by atoms with van der Waals surface area (Å²) in [4.78, 5) is 23.8. The molecule has 2 saturated heterocycles. The lowest BCUT2D eigenvalue weighted by Crippen LogP contribution is -2.47. The van der Waals surface area contributed by atoms with E-state index in [0.717, 1.165) is 0 Å². The fraction of sp³-hybridized carbons (Fsp3) is 0.625. The van der Waals surface area contributed by atoms with Gasteiger partial charge in [-0.25, -0.2) is 14.3 Å². The summed E-state index contributed by atoms with van der Waals surface area (Å²) in [6.45, 7) is 2.37. The Balaban J connectivity index is 1.59. The van der Waals surface area contributed by atoms with Gasteiger partial charge in [-0.15, -0.1) is 0 Å². The van der Waals surface area contributed by atoms with Crippen molar-refractivity contribution in [3.63, 3.8) is 0 Å². The van der Waals surface area contributed by atoms with Crippen LogP contribution in [0.15, 0.2) is 6.33 Å². The standard InChI is InChI=1S/C16H22N5O9P/c1-4-26-9(22)6-28-31(24)27-5-8-11(30-31)16(2,23)14(29-8)21-7-18-10-12(21)19-15(17)20-13(10)25-3/h7-8,11,14,23H,4-6H2,1-3H3,(H2,17,19,20). The quantitative estimate of drug-likeness (QED) is 0.441. The largest absolute Gasteiger partial charge is 0.479 e. The Morgan fingerprint density at radius 2 is 2.26 bits per heavy atom. The minimum atomic E-state index is -4.14. The summed E-state index contributed by atoms with van der Waals surface area (Å²) in [7, 11) is -2.73. The number of aromatic nitrogens is 4. The first-order chi connectivity index (χ1) is 14.7. The molecule has 4 heterocycles. The van der Waals surface area contributed by atoms with Crippen LogP contribution >= 0.6 is 7.82 Å². The predicted octanol–water partition coefficient (Wildman–Crippen LogP) is 0.169. The van der Waals surface area contributed by atoms with Crippen molar-refractivity contribution in [2.75, 3.05) is 32.7 Å². The second-order valence-corrected chi connectivity index (χ2v) is 8.64. The maximum Gasteiger partial charge on any atom is 0.475 e. The SMILES string of the molecule is CCOC(=O)COP1(=O)OCC2OC(n3cnc4c(OC)nc(N)nc43)C(C)(O)C2O1. The number of anilines is 1. The fourth-order valence-electron chi connectivity index (χ4n) is 3.50. The topological polar surface area (TPSA) is 179 Å². The number of methoxy groups -OCH3 is 1. The van der Waals surface area contributed by atoms with Gasteiger partial charge in [0.2, 0.25) is 11.8 Å². The summed E-state index contributed by atoms with van der Waals surface area (Å²) in [5.74, 6) is -0.624. The smallest absolute Gasteiger partial charge is 0.475 e. The molecule has 0 saturated carbocycles. The van der Waals surface area contributed by atoms with Crippen molar-refractivity contribution in [3.8, 4) is 5.88 Å². The van der Waals surface area contributed by atoms with E-state index >= 15 is 0 Å². The van der Waals surface area contributed by atoms with Crippen LogP contribution in [0.25, 0.3) is 11.2 Å². The summed E-state index contributed by atoms with van der Waals surface area (Å²) in [5, 5.41) is 11.2. The number of hydrogen-bond donors (Lipinski definition) is 2. The van der Waals surface area contributed by atoms with Crippen LogP contribution in [0.3, 0.4) is 0 Å². The highest BCUT2D eigenvalue weighted by Crippen LogP contribution is 2.58. The molecule has 2 aromatic rings. The normalized spacial score (nSPS) is 32.7. The summed E-state index contributed by atoms with van der Waals surface area (Å²) in [6, 6.07) is 0. The Morgan fingerprint density at radius 3 is 2.97 bits per heavy atom. The zero-order valence-corrected chi connectivity index (χ0v) is 17.9. The number of rotatable bonds is 6. The number of phosphoric acid groups is 1. The molecule has 31 heavy (non-hydrogen) atoms. The first-order valence-electron chi connectivity index (χ1n) is 9.33. The molecule has 0 aliphatic carbocycles. The number of carbonyl (C=O) groups excluding carboxylic acids is 1. The van der Waals surface area contributed by atoms with E-state index in [1.54, 1.807) is 6.92 Å². The molecular formula is C16H22N5O9P. The summed E-state index contributed by atoms with van der Waals surface area (Å²) in [6.07, 6.45) is -1.55. The molecule has 2 aliphatic heterocycles. The fourth-order valence-corrected chi connectivity index (χ4v) is 4.91. The highest BCUT2D eigenvalue weighted by Gasteiger charge is 2.60. The molecule has 0 spiro atoms. The molecule has 0 aromatic carbocycles. The zero-order chi connectivity index (χ0) is 22.4. The van der Waals surface area contributed by atoms with E-state index in [0.29, 0.717) is 5.52 Å². The molecule has 14 nitrogen and oxygen atoms in total. The lowest BCUT2D eigenvalue weighted by atomic mass is 9.96. The Bertz CT molecular complexity index is 1040. The number of nitrogen functional groups attached to an aromatic ring is 1. The van der Waals surface area contributed by atoms with Crippen LogP contribution in [-0.2, 0) is 32.4 Å². The molecule has 2 aliphatic rings. The number of nitrogens with zero attached hydrogens (tertiary/aromatic N) is 4. The molecule has 0 bridgehead atoms. The second-order valence-electron chi connectivity index (χ2n) is 7.02. The highest BCUT2D eigenvalue weighted by atomic mass is 31.2. The van der Waals surface area contributed by atoms with Gasteiger partial charge < -0.3 is 25.1 Å². The van der Waals surface area contributed by atoms with Crippen molar-refractivity contribution >= 4 is 30.9 Å². The monoisotopic (exact) mass is 459 g/mol. The Morgan fingerprint density at radius 1 is 1.48 bits per heavy atom. The molecule has 5 unspecified atom stereocenters. The number of hydrogen-bond acceptors (Lipinski definition) is 13. The summed E-state index contributed by atoms with van der Waals surface area (Å²) < 4.78 is 45.7. The van der Waals surface area contributed by atoms with E-state index in [2.05, 4.69) is 15.0 Å². The van der Waals surface area contributed by atoms with Gasteiger partial charge in [-0.2, -0.15) is 9.97 Å². The molecule has 0 radical (unpaired) electrons. The van der Waals surface area contributed by atoms with Crippen LogP contribution in [0.5, 0.6) is 5.88 Å². The maximum atomic E-state index is 12.8. The van der Waals surface area contributed by atoms with Gasteiger partial charge in [0.25, 0.3) is 0 Å².